The highest BCUT2D eigenvalue weighted by Gasteiger charge is 2.46. The van der Waals surface area contributed by atoms with Crippen molar-refractivity contribution in [1.82, 2.24) is 14.8 Å². The highest BCUT2D eigenvalue weighted by Crippen LogP contribution is 2.41. The lowest BCUT2D eigenvalue weighted by Gasteiger charge is -2.51. The topological polar surface area (TPSA) is 46.5 Å². The van der Waals surface area contributed by atoms with E-state index in [0.29, 0.717) is 12.2 Å². The Kier molecular flexibility index (Phi) is 7.35. The molecule has 36 heavy (non-hydrogen) atoms. The number of nitrogens with one attached hydrogen (secondary N) is 1. The summed E-state index contributed by atoms with van der Waals surface area (Å²) < 4.78 is 57.0. The molecule has 1 spiro atoms. The number of aromatic nitrogens is 1. The van der Waals surface area contributed by atoms with Crippen molar-refractivity contribution in [3.05, 3.63) is 65.5 Å². The predicted molar refractivity (Wildman–Crippen MR) is 130 cm³/mol. The van der Waals surface area contributed by atoms with Gasteiger partial charge in [-0.3, -0.25) is 10.1 Å². The normalized spacial score (nSPS) is 18.8. The standard InChI is InChI=1S/C27H33F4N3O2/c1-19(21-6-4-20(5-7-21)17-36-15-12-27(29,30)31)33-13-10-26(11-14-33)24-9-8-22(23(35)16-28)34(24)18-25(2,3)32-26/h4-9,32H,1,10-18H2,2-3H3. The zero-order valence-electron chi connectivity index (χ0n) is 20.8. The van der Waals surface area contributed by atoms with Crippen molar-refractivity contribution < 1.29 is 27.1 Å². The first-order valence-electron chi connectivity index (χ1n) is 12.2. The molecule has 0 saturated carbocycles. The molecule has 1 aromatic heterocycles. The van der Waals surface area contributed by atoms with Gasteiger partial charge in [-0.2, -0.15) is 13.2 Å². The quantitative estimate of drug-likeness (QED) is 0.293. The van der Waals surface area contributed by atoms with Gasteiger partial charge in [-0.15, -0.1) is 0 Å². The average molecular weight is 508 g/mol. The van der Waals surface area contributed by atoms with Crippen LogP contribution in [0.5, 0.6) is 0 Å². The fraction of sp³-hybridized carbons (Fsp3) is 0.519. The van der Waals surface area contributed by atoms with Crippen LogP contribution in [0.25, 0.3) is 5.70 Å². The highest BCUT2D eigenvalue weighted by atomic mass is 19.4. The van der Waals surface area contributed by atoms with Crippen LogP contribution in [0.2, 0.25) is 0 Å². The van der Waals surface area contributed by atoms with Crippen LogP contribution in [0.3, 0.4) is 0 Å². The minimum Gasteiger partial charge on any atom is -0.376 e. The van der Waals surface area contributed by atoms with Crippen LogP contribution in [-0.2, 0) is 23.4 Å². The molecule has 3 heterocycles. The monoisotopic (exact) mass is 507 g/mol. The van der Waals surface area contributed by atoms with Crippen molar-refractivity contribution in [3.63, 3.8) is 0 Å². The van der Waals surface area contributed by atoms with Gasteiger partial charge in [0.05, 0.1) is 30.9 Å². The summed E-state index contributed by atoms with van der Waals surface area (Å²) in [5.74, 6) is -0.492. The third-order valence-corrected chi connectivity index (χ3v) is 7.09. The number of carbonyl (C=O) groups excluding carboxylic acids is 1. The fourth-order valence-electron chi connectivity index (χ4n) is 5.41. The van der Waals surface area contributed by atoms with E-state index < -0.39 is 25.1 Å². The maximum atomic E-state index is 13.2. The van der Waals surface area contributed by atoms with E-state index in [-0.39, 0.29) is 24.3 Å². The lowest BCUT2D eigenvalue weighted by atomic mass is 9.79. The van der Waals surface area contributed by atoms with Crippen molar-refractivity contribution in [3.8, 4) is 0 Å². The summed E-state index contributed by atoms with van der Waals surface area (Å²) in [5, 5.41) is 3.81. The number of rotatable bonds is 8. The summed E-state index contributed by atoms with van der Waals surface area (Å²) in [7, 11) is 0. The fourth-order valence-corrected chi connectivity index (χ4v) is 5.41. The Hall–Kier alpha value is -2.65. The molecule has 4 rings (SSSR count). The molecular weight excluding hydrogens is 474 g/mol. The number of ketones is 1. The number of fused-ring (bicyclic) bond motifs is 2. The van der Waals surface area contributed by atoms with Crippen molar-refractivity contribution >= 4 is 11.5 Å². The zero-order valence-corrected chi connectivity index (χ0v) is 20.8. The molecule has 0 amide bonds. The Bertz CT molecular complexity index is 1100. The van der Waals surface area contributed by atoms with Crippen molar-refractivity contribution in [2.24, 2.45) is 0 Å². The Morgan fingerprint density at radius 3 is 2.39 bits per heavy atom. The zero-order chi connectivity index (χ0) is 26.1. The summed E-state index contributed by atoms with van der Waals surface area (Å²) in [6.45, 7) is 9.35. The third kappa shape index (κ3) is 5.67. The molecule has 0 aliphatic carbocycles. The number of hydrogen-bond donors (Lipinski definition) is 1. The van der Waals surface area contributed by atoms with E-state index in [0.717, 1.165) is 48.4 Å². The average Bonchev–Trinajstić information content (AvgIpc) is 3.24. The number of nitrogens with zero attached hydrogens (tertiary/aromatic N) is 2. The first-order chi connectivity index (χ1) is 16.9. The second-order valence-electron chi connectivity index (χ2n) is 10.4. The van der Waals surface area contributed by atoms with Crippen LogP contribution >= 0.6 is 0 Å². The van der Waals surface area contributed by atoms with Crippen LogP contribution in [0, 0.1) is 0 Å². The summed E-state index contributed by atoms with van der Waals surface area (Å²) in [5.41, 5.74) is 3.52. The van der Waals surface area contributed by atoms with Crippen molar-refractivity contribution in [2.45, 2.75) is 63.5 Å². The van der Waals surface area contributed by atoms with E-state index in [4.69, 9.17) is 4.74 Å². The van der Waals surface area contributed by atoms with Crippen LogP contribution < -0.4 is 5.32 Å². The van der Waals surface area contributed by atoms with Gasteiger partial charge in [0.1, 0.15) is 0 Å². The molecule has 1 N–H and O–H groups in total. The number of Topliss-reactive ketones (excluding diaryl/α,β-unsaturated/α-hetero) is 1. The lowest BCUT2D eigenvalue weighted by Crippen LogP contribution is -2.63. The Morgan fingerprint density at radius 1 is 1.11 bits per heavy atom. The number of halogens is 4. The van der Waals surface area contributed by atoms with Gasteiger partial charge in [0, 0.05) is 36.6 Å². The SMILES string of the molecule is C=C(c1ccc(COCCC(F)(F)F)cc1)N1CCC2(CC1)NC(C)(C)Cn1c(C(=O)CF)ccc12. The van der Waals surface area contributed by atoms with Gasteiger partial charge in [0.25, 0.3) is 0 Å². The largest absolute Gasteiger partial charge is 0.391 e. The molecule has 5 nitrogen and oxygen atoms in total. The molecule has 2 aliphatic heterocycles. The second kappa shape index (κ2) is 10.0. The molecule has 0 bridgehead atoms. The van der Waals surface area contributed by atoms with Gasteiger partial charge in [-0.05, 0) is 49.9 Å². The summed E-state index contributed by atoms with van der Waals surface area (Å²) >= 11 is 0. The number of likely N-dealkylation sites (tertiary alicyclic amines) is 1. The van der Waals surface area contributed by atoms with Crippen LogP contribution in [0.15, 0.2) is 43.0 Å². The smallest absolute Gasteiger partial charge is 0.376 e. The summed E-state index contributed by atoms with van der Waals surface area (Å²) in [6, 6.07) is 11.2. The summed E-state index contributed by atoms with van der Waals surface area (Å²) in [4.78, 5) is 14.4. The minimum atomic E-state index is -4.21. The highest BCUT2D eigenvalue weighted by molar-refractivity contribution is 5.95. The molecular formula is C27H33F4N3O2. The van der Waals surface area contributed by atoms with Gasteiger partial charge < -0.3 is 14.2 Å². The van der Waals surface area contributed by atoms with E-state index in [1.165, 1.54) is 0 Å². The van der Waals surface area contributed by atoms with Crippen LogP contribution in [0.1, 0.15) is 60.4 Å². The van der Waals surface area contributed by atoms with Crippen LogP contribution in [-0.4, -0.2) is 53.3 Å². The van der Waals surface area contributed by atoms with E-state index in [9.17, 15) is 22.4 Å². The molecule has 1 aromatic carbocycles. The predicted octanol–water partition coefficient (Wildman–Crippen LogP) is 5.45. The maximum Gasteiger partial charge on any atom is 0.391 e. The molecule has 9 heteroatoms. The first kappa shape index (κ1) is 26.4. The van der Waals surface area contributed by atoms with Gasteiger partial charge >= 0.3 is 6.18 Å². The molecule has 0 radical (unpaired) electrons. The maximum absolute atomic E-state index is 13.2. The molecule has 196 valence electrons. The Balaban J connectivity index is 1.40. The molecule has 2 aromatic rings. The molecule has 1 saturated heterocycles. The Labute approximate surface area is 209 Å². The Morgan fingerprint density at radius 2 is 1.78 bits per heavy atom. The van der Waals surface area contributed by atoms with Gasteiger partial charge in [-0.25, -0.2) is 4.39 Å². The van der Waals surface area contributed by atoms with Gasteiger partial charge in [0.2, 0.25) is 5.78 Å². The first-order valence-corrected chi connectivity index (χ1v) is 12.2. The number of benzene rings is 1. The minimum absolute atomic E-state index is 0.128. The van der Waals surface area contributed by atoms with Gasteiger partial charge in [0.15, 0.2) is 6.67 Å². The number of piperidine rings is 1. The lowest BCUT2D eigenvalue weighted by molar-refractivity contribution is -0.146. The molecule has 1 fully saturated rings. The number of alkyl halides is 4. The van der Waals surface area contributed by atoms with Gasteiger partial charge in [-0.1, -0.05) is 30.8 Å². The van der Waals surface area contributed by atoms with Crippen molar-refractivity contribution in [1.29, 1.82) is 0 Å². The molecule has 0 atom stereocenters. The number of carbonyl (C=O) groups is 1. The number of ether oxygens (including phenoxy) is 1. The van der Waals surface area contributed by atoms with Crippen LogP contribution in [0.4, 0.5) is 17.6 Å². The number of hydrogen-bond acceptors (Lipinski definition) is 4. The second-order valence-corrected chi connectivity index (χ2v) is 10.4. The van der Waals surface area contributed by atoms with E-state index in [2.05, 4.69) is 30.6 Å². The molecule has 0 unspecified atom stereocenters. The third-order valence-electron chi connectivity index (χ3n) is 7.09. The van der Waals surface area contributed by atoms with E-state index >= 15 is 0 Å². The molecule has 2 aliphatic rings. The van der Waals surface area contributed by atoms with E-state index in [1.807, 2.05) is 34.9 Å². The van der Waals surface area contributed by atoms with E-state index in [1.54, 1.807) is 6.07 Å². The van der Waals surface area contributed by atoms with Crippen molar-refractivity contribution in [2.75, 3.05) is 26.4 Å². The summed E-state index contributed by atoms with van der Waals surface area (Å²) in [6.07, 6.45) is -3.57.